The first-order valence-corrected chi connectivity index (χ1v) is 34.2. The van der Waals surface area contributed by atoms with Gasteiger partial charge in [0.15, 0.2) is 0 Å². The third kappa shape index (κ3) is 19.8. The first kappa shape index (κ1) is 81.6. The molecule has 0 unspecified atom stereocenters. The van der Waals surface area contributed by atoms with Crippen LogP contribution in [0.1, 0.15) is 159 Å². The van der Waals surface area contributed by atoms with Crippen molar-refractivity contribution in [3.05, 3.63) is 184 Å². The molecule has 27 nitrogen and oxygen atoms in total. The van der Waals surface area contributed by atoms with E-state index in [2.05, 4.69) is 80.1 Å². The smallest absolute Gasteiger partial charge is 0.465 e. The van der Waals surface area contributed by atoms with E-state index in [-0.39, 0.29) is 78.0 Å². The van der Waals surface area contributed by atoms with Gasteiger partial charge in [-0.25, -0.2) is 19.6 Å². The third-order valence-electron chi connectivity index (χ3n) is 15.0. The predicted molar refractivity (Wildman–Crippen MR) is 394 cm³/mol. The monoisotopic (exact) mass is 1490 g/mol. The number of hydroxylamine groups is 2. The quantitative estimate of drug-likeness (QED) is 0.0309. The van der Waals surface area contributed by atoms with Crippen molar-refractivity contribution >= 4 is 78.7 Å². The SMILES string of the molecule is Brc1ccccn1.CCOc1nc2c(C(=O)N(C)OC)cc(-c3c(C)noc3C)cc2n1C(=O)OC(C)(C)C.CCOc1nc2c(C(=O)c3ccccn3)cc(-c3c(C)noc3C)cc2[nH]1.CCOc1nc2c(C(=O)c3ccccn3)cc(-c3c(C)noc3C)cc2n1C(=O)OC(C)(C)C.[CH2-]CCC.[Li+]. The van der Waals surface area contributed by atoms with E-state index < -0.39 is 29.3 Å². The van der Waals surface area contributed by atoms with Gasteiger partial charge in [0.1, 0.15) is 61.0 Å². The van der Waals surface area contributed by atoms with E-state index in [0.29, 0.717) is 91.3 Å². The number of benzene rings is 3. The molecule has 0 saturated heterocycles. The number of imidazole rings is 3. The largest absolute Gasteiger partial charge is 1.00 e. The van der Waals surface area contributed by atoms with Gasteiger partial charge >= 0.3 is 43.1 Å². The molecule has 0 fully saturated rings. The maximum absolute atomic E-state index is 13.5. The summed E-state index contributed by atoms with van der Waals surface area (Å²) in [6, 6.07) is 27.1. The average molecular weight is 1490 g/mol. The van der Waals surface area contributed by atoms with Crippen LogP contribution < -0.4 is 33.1 Å². The van der Waals surface area contributed by atoms with E-state index in [1.54, 1.807) is 155 Å². The molecular formula is C76H85BrLiN13O14. The number of nitrogens with zero attached hydrogens (tertiary/aromatic N) is 12. The number of hydrogen-bond acceptors (Lipinski definition) is 23. The zero-order valence-corrected chi connectivity index (χ0v) is 64.2. The molecule has 1 amide bonds. The van der Waals surface area contributed by atoms with E-state index in [4.69, 9.17) is 42.1 Å². The van der Waals surface area contributed by atoms with Crippen LogP contribution in [0.5, 0.6) is 18.0 Å². The van der Waals surface area contributed by atoms with Gasteiger partial charge in [0.25, 0.3) is 11.9 Å². The molecule has 9 heterocycles. The van der Waals surface area contributed by atoms with Gasteiger partial charge in [0, 0.05) is 42.3 Å². The minimum Gasteiger partial charge on any atom is -0.465 e. The zero-order chi connectivity index (χ0) is 75.9. The molecule has 1 N–H and O–H groups in total. The number of aromatic amines is 1. The Balaban J connectivity index is 0.000000204. The van der Waals surface area contributed by atoms with Gasteiger partial charge in [-0.1, -0.05) is 47.0 Å². The molecule has 0 atom stereocenters. The van der Waals surface area contributed by atoms with Crippen LogP contribution in [0.25, 0.3) is 66.5 Å². The third-order valence-corrected chi connectivity index (χ3v) is 15.5. The van der Waals surface area contributed by atoms with Gasteiger partial charge in [0.05, 0.1) is 77.3 Å². The first-order valence-electron chi connectivity index (χ1n) is 33.4. The number of ether oxygens (including phenoxy) is 5. The topological polar surface area (TPSA) is 325 Å². The molecule has 0 aliphatic carbocycles. The molecule has 105 heavy (non-hydrogen) atoms. The van der Waals surface area contributed by atoms with Gasteiger partial charge in [-0.2, -0.15) is 30.5 Å². The molecule has 3 aromatic carbocycles. The Morgan fingerprint density at radius 3 is 1.27 bits per heavy atom. The van der Waals surface area contributed by atoms with Gasteiger partial charge < -0.3 is 49.2 Å². The molecular weight excluding hydrogens is 1410 g/mol. The molecule has 12 rings (SSSR count). The van der Waals surface area contributed by atoms with Crippen molar-refractivity contribution in [2.45, 2.75) is 135 Å². The summed E-state index contributed by atoms with van der Waals surface area (Å²) in [5.41, 5.74) is 9.10. The zero-order valence-electron chi connectivity index (χ0n) is 62.6. The summed E-state index contributed by atoms with van der Waals surface area (Å²) in [7, 11) is 2.88. The fourth-order valence-electron chi connectivity index (χ4n) is 10.5. The van der Waals surface area contributed by atoms with Crippen molar-refractivity contribution in [2.75, 3.05) is 34.0 Å². The van der Waals surface area contributed by atoms with Crippen molar-refractivity contribution in [3.63, 3.8) is 0 Å². The summed E-state index contributed by atoms with van der Waals surface area (Å²) in [6.45, 7) is 33.7. The second-order valence-electron chi connectivity index (χ2n) is 25.1. The standard InChI is InChI=1S/C25H26N4O5.C22H28N4O6.C20H18N4O3.C5H4BrN.C4H9.Li/c1-7-32-23-27-21-17(22(30)18-10-8-9-11-26-18)12-16(20-14(2)28-34-15(20)3)13-19(21)29(23)24(31)33-25(4,5)6;1-9-30-20-23-18-15(19(27)25(7)29-8)10-14(17-12(2)24-32-13(17)3)11-16(18)26(20)21(28)31-22(4,5)6;1-4-26-20-22-16-10-13(17-11(2)24-27-12(17)3)9-14(18(16)23-20)19(25)15-7-5-6-8-21-15;6-5-3-1-2-4-7-5;1-3-4-2;/h8-13H,7H2,1-6H3;10-11H,9H2,1-8H3;5-10H,4H2,1-3H3,(H,22,23);1-4H;1,3-4H2,2H3;/q;;;;-1;+1. The Kier molecular flexibility index (Phi) is 28.1. The Morgan fingerprint density at radius 1 is 0.543 bits per heavy atom. The van der Waals surface area contributed by atoms with E-state index in [0.717, 1.165) is 44.0 Å². The Hall–Kier alpha value is -10.7. The van der Waals surface area contributed by atoms with E-state index in [1.165, 1.54) is 29.7 Å². The minimum absolute atomic E-state index is 0. The Morgan fingerprint density at radius 2 is 0.933 bits per heavy atom. The summed E-state index contributed by atoms with van der Waals surface area (Å²) in [5, 5.41) is 13.1. The van der Waals surface area contributed by atoms with Crippen molar-refractivity contribution in [1.29, 1.82) is 0 Å². The number of hydrogen-bond donors (Lipinski definition) is 1. The van der Waals surface area contributed by atoms with Crippen LogP contribution in [0.4, 0.5) is 9.59 Å². The summed E-state index contributed by atoms with van der Waals surface area (Å²) in [4.78, 5) is 100.0. The number of carbonyl (C=O) groups is 5. The number of nitrogens with one attached hydrogen (secondary N) is 1. The molecule has 0 bridgehead atoms. The van der Waals surface area contributed by atoms with E-state index in [1.807, 2.05) is 58.0 Å². The maximum atomic E-state index is 13.5. The number of rotatable bonds is 16. The Bertz CT molecular complexity index is 4930. The second-order valence-corrected chi connectivity index (χ2v) is 26.0. The molecule has 12 aromatic rings. The molecule has 0 radical (unpaired) electrons. The number of fused-ring (bicyclic) bond motifs is 3. The van der Waals surface area contributed by atoms with Crippen LogP contribution in [0.2, 0.25) is 0 Å². The maximum Gasteiger partial charge on any atom is 1.00 e. The van der Waals surface area contributed by atoms with Gasteiger partial charge in [-0.15, -0.1) is 0 Å². The number of carbonyl (C=O) groups excluding carboxylic acids is 5. The molecule has 0 aliphatic rings. The van der Waals surface area contributed by atoms with Crippen LogP contribution in [-0.2, 0) is 14.3 Å². The summed E-state index contributed by atoms with van der Waals surface area (Å²) < 4.78 is 47.3. The molecule has 0 saturated carbocycles. The van der Waals surface area contributed by atoms with Gasteiger partial charge in [-0.3, -0.25) is 29.2 Å². The Labute approximate surface area is 628 Å². The molecule has 0 spiro atoms. The van der Waals surface area contributed by atoms with Crippen LogP contribution in [0.3, 0.4) is 0 Å². The van der Waals surface area contributed by atoms with Crippen molar-refractivity contribution < 1.29 is 84.9 Å². The van der Waals surface area contributed by atoms with Crippen molar-refractivity contribution in [1.82, 2.24) is 64.6 Å². The average Bonchev–Trinajstić information content (AvgIpc) is 1.61. The van der Waals surface area contributed by atoms with Crippen LogP contribution >= 0.6 is 15.9 Å². The fourth-order valence-corrected chi connectivity index (χ4v) is 10.8. The molecule has 546 valence electrons. The summed E-state index contributed by atoms with van der Waals surface area (Å²) in [5.74, 6) is 0.866. The van der Waals surface area contributed by atoms with Crippen LogP contribution in [0, 0.1) is 48.5 Å². The number of ketones is 2. The number of amides is 1. The molecule has 29 heteroatoms. The number of unbranched alkanes of at least 4 members (excludes halogenated alkanes) is 1. The van der Waals surface area contributed by atoms with Crippen LogP contribution in [-0.4, -0.2) is 139 Å². The number of pyridine rings is 3. The number of H-pyrrole nitrogens is 1. The van der Waals surface area contributed by atoms with Crippen molar-refractivity contribution in [2.24, 2.45) is 0 Å². The van der Waals surface area contributed by atoms with Crippen LogP contribution in [0.15, 0.2) is 128 Å². The summed E-state index contributed by atoms with van der Waals surface area (Å²) >= 11 is 3.20. The van der Waals surface area contributed by atoms with Gasteiger partial charge in [-0.05, 0) is 209 Å². The second kappa shape index (κ2) is 36.2. The van der Waals surface area contributed by atoms with E-state index >= 15 is 0 Å². The first-order chi connectivity index (χ1) is 49.5. The van der Waals surface area contributed by atoms with Gasteiger partial charge in [0.2, 0.25) is 11.6 Å². The molecule has 0 aliphatic heterocycles. The fraction of sp³-hybridized carbons (Fsp3) is 0.329. The number of aromatic nitrogens is 12. The minimum atomic E-state index is -0.747. The predicted octanol–water partition coefficient (Wildman–Crippen LogP) is 13.6. The van der Waals surface area contributed by atoms with E-state index in [9.17, 15) is 24.0 Å². The number of halogens is 1. The number of aryl methyl sites for hydroxylation is 6. The summed E-state index contributed by atoms with van der Waals surface area (Å²) in [6.07, 6.45) is 5.83. The molecule has 9 aromatic heterocycles. The normalized spacial score (nSPS) is 11.0. The van der Waals surface area contributed by atoms with Crippen molar-refractivity contribution in [3.8, 4) is 51.4 Å².